The van der Waals surface area contributed by atoms with Gasteiger partial charge < -0.3 is 9.47 Å². The third-order valence-corrected chi connectivity index (χ3v) is 4.53. The van der Waals surface area contributed by atoms with Gasteiger partial charge in [0, 0.05) is 0 Å². The Morgan fingerprint density at radius 3 is 2.58 bits per heavy atom. The molecular weight excluding hydrogens is 377 g/mol. The first-order chi connectivity index (χ1) is 12.0. The van der Waals surface area contributed by atoms with E-state index in [1.54, 1.807) is 18.2 Å². The highest BCUT2D eigenvalue weighted by Gasteiger charge is 2.45. The summed E-state index contributed by atoms with van der Waals surface area (Å²) < 4.78 is 78.2. The lowest BCUT2D eigenvalue weighted by Gasteiger charge is -2.19. The Balaban J connectivity index is 1.86. The topological polar surface area (TPSA) is 93.2 Å². The predicted octanol–water partition coefficient (Wildman–Crippen LogP) is 2.89. The van der Waals surface area contributed by atoms with Crippen molar-refractivity contribution in [3.8, 4) is 0 Å². The minimum atomic E-state index is -5.14. The van der Waals surface area contributed by atoms with Crippen LogP contribution in [-0.4, -0.2) is 43.6 Å². The van der Waals surface area contributed by atoms with Crippen LogP contribution in [0.4, 0.5) is 13.2 Å². The van der Waals surface area contributed by atoms with Crippen molar-refractivity contribution >= 4 is 26.9 Å². The number of carbonyl (C=O) groups is 1. The fourth-order valence-corrected chi connectivity index (χ4v) is 3.17. The van der Waals surface area contributed by atoms with Crippen molar-refractivity contribution in [3.05, 3.63) is 47.5 Å². The van der Waals surface area contributed by atoms with Crippen molar-refractivity contribution in [2.24, 2.45) is 0 Å². The molecule has 1 aliphatic heterocycles. The van der Waals surface area contributed by atoms with Crippen molar-refractivity contribution in [2.75, 3.05) is 12.4 Å². The van der Waals surface area contributed by atoms with Gasteiger partial charge in [0.25, 0.3) is 10.1 Å². The average molecular weight is 390 g/mol. The Bertz CT molecular complexity index is 950. The molecule has 0 aromatic heterocycles. The zero-order valence-electron chi connectivity index (χ0n) is 13.1. The van der Waals surface area contributed by atoms with Crippen LogP contribution in [0.2, 0.25) is 0 Å². The summed E-state index contributed by atoms with van der Waals surface area (Å²) in [6.45, 7) is 0.575. The molecule has 2 unspecified atom stereocenters. The first-order valence-electron chi connectivity index (χ1n) is 7.42. The van der Waals surface area contributed by atoms with E-state index >= 15 is 0 Å². The Labute approximate surface area is 146 Å². The van der Waals surface area contributed by atoms with Crippen molar-refractivity contribution < 1.29 is 40.4 Å². The molecule has 140 valence electrons. The molecule has 0 saturated carbocycles. The van der Waals surface area contributed by atoms with Gasteiger partial charge in [0.05, 0.1) is 12.2 Å². The molecule has 1 saturated heterocycles. The van der Waals surface area contributed by atoms with Crippen LogP contribution in [0.15, 0.2) is 36.4 Å². The SMILES string of the molecule is O=C(OC(CS(=O)(=O)O)C(F)(F)F)c1ccc2c(C3CO3)cccc2c1. The molecule has 2 atom stereocenters. The molecule has 2 aromatic rings. The van der Waals surface area contributed by atoms with Crippen molar-refractivity contribution in [3.63, 3.8) is 0 Å². The fourth-order valence-electron chi connectivity index (χ4n) is 2.53. The highest BCUT2D eigenvalue weighted by atomic mass is 32.2. The third-order valence-electron chi connectivity index (χ3n) is 3.81. The molecule has 6 nitrogen and oxygen atoms in total. The molecule has 0 bridgehead atoms. The van der Waals surface area contributed by atoms with E-state index in [0.717, 1.165) is 10.9 Å². The lowest BCUT2D eigenvalue weighted by Crippen LogP contribution is -2.39. The molecule has 1 heterocycles. The van der Waals surface area contributed by atoms with Gasteiger partial charge in [-0.1, -0.05) is 24.3 Å². The number of fused-ring (bicyclic) bond motifs is 1. The number of ether oxygens (including phenoxy) is 2. The Hall–Kier alpha value is -2.17. The molecule has 1 N–H and O–H groups in total. The lowest BCUT2D eigenvalue weighted by molar-refractivity contribution is -0.197. The number of hydrogen-bond acceptors (Lipinski definition) is 5. The lowest BCUT2D eigenvalue weighted by atomic mass is 10.0. The molecule has 10 heteroatoms. The predicted molar refractivity (Wildman–Crippen MR) is 84.3 cm³/mol. The second kappa shape index (κ2) is 6.53. The molecule has 3 rings (SSSR count). The number of esters is 1. The summed E-state index contributed by atoms with van der Waals surface area (Å²) in [7, 11) is -4.99. The number of hydrogen-bond donors (Lipinski definition) is 1. The maximum atomic E-state index is 12.9. The van der Waals surface area contributed by atoms with Crippen molar-refractivity contribution in [1.29, 1.82) is 0 Å². The number of halogens is 3. The minimum absolute atomic E-state index is 0.0409. The Morgan fingerprint density at radius 1 is 1.31 bits per heavy atom. The van der Waals surface area contributed by atoms with E-state index < -0.39 is 34.1 Å². The van der Waals surface area contributed by atoms with Crippen LogP contribution in [0.25, 0.3) is 10.8 Å². The maximum Gasteiger partial charge on any atom is 0.426 e. The smallest absolute Gasteiger partial charge is 0.426 e. The standard InChI is InChI=1S/C16H13F3O6S/c17-16(18,19)14(8-26(21,22)23)25-15(20)10-4-5-11-9(6-10)2-1-3-12(11)13-7-24-13/h1-6,13-14H,7-8H2,(H,21,22,23). The molecule has 0 radical (unpaired) electrons. The van der Waals surface area contributed by atoms with Crippen molar-refractivity contribution in [1.82, 2.24) is 0 Å². The van der Waals surface area contributed by atoms with Crippen LogP contribution in [-0.2, 0) is 19.6 Å². The van der Waals surface area contributed by atoms with Gasteiger partial charge in [0.1, 0.15) is 11.9 Å². The number of benzene rings is 2. The molecule has 2 aromatic carbocycles. The third kappa shape index (κ3) is 4.32. The number of epoxide rings is 1. The summed E-state index contributed by atoms with van der Waals surface area (Å²) in [5.74, 6) is -3.11. The molecule has 26 heavy (non-hydrogen) atoms. The summed E-state index contributed by atoms with van der Waals surface area (Å²) in [5.41, 5.74) is 0.734. The van der Waals surface area contributed by atoms with Crippen LogP contribution in [0, 0.1) is 0 Å². The van der Waals surface area contributed by atoms with E-state index in [9.17, 15) is 26.4 Å². The quantitative estimate of drug-likeness (QED) is 0.479. The van der Waals surface area contributed by atoms with Gasteiger partial charge in [0.2, 0.25) is 6.10 Å². The fraction of sp³-hybridized carbons (Fsp3) is 0.312. The maximum absolute atomic E-state index is 12.9. The van der Waals surface area contributed by atoms with Crippen LogP contribution >= 0.6 is 0 Å². The Kier molecular flexibility index (Phi) is 4.67. The monoisotopic (exact) mass is 390 g/mol. The molecular formula is C16H13F3O6S. The molecule has 0 aliphatic carbocycles. The van der Waals surface area contributed by atoms with Gasteiger partial charge in [0.15, 0.2) is 0 Å². The number of alkyl halides is 3. The largest absolute Gasteiger partial charge is 0.448 e. The summed E-state index contributed by atoms with van der Waals surface area (Å²) >= 11 is 0. The van der Waals surface area contributed by atoms with E-state index in [0.29, 0.717) is 12.0 Å². The Morgan fingerprint density at radius 2 is 2.00 bits per heavy atom. The first-order valence-corrected chi connectivity index (χ1v) is 9.02. The van der Waals surface area contributed by atoms with Crippen LogP contribution in [0.5, 0.6) is 0 Å². The van der Waals surface area contributed by atoms with Gasteiger partial charge in [-0.2, -0.15) is 21.6 Å². The van der Waals surface area contributed by atoms with E-state index in [-0.39, 0.29) is 11.7 Å². The average Bonchev–Trinajstić information content (AvgIpc) is 3.35. The summed E-state index contributed by atoms with van der Waals surface area (Å²) in [5, 5.41) is 1.39. The van der Waals surface area contributed by atoms with Gasteiger partial charge in [-0.05, 0) is 28.5 Å². The normalized spacial score (nSPS) is 18.5. The molecule has 0 amide bonds. The first kappa shape index (κ1) is 18.6. The second-order valence-electron chi connectivity index (χ2n) is 5.79. The molecule has 0 spiro atoms. The van der Waals surface area contributed by atoms with Crippen LogP contribution in [0.3, 0.4) is 0 Å². The molecule has 1 aliphatic rings. The zero-order chi connectivity index (χ0) is 19.1. The summed E-state index contributed by atoms with van der Waals surface area (Å²) in [6, 6.07) is 9.46. The van der Waals surface area contributed by atoms with Crippen LogP contribution < -0.4 is 0 Å². The zero-order valence-corrected chi connectivity index (χ0v) is 13.9. The highest BCUT2D eigenvalue weighted by Crippen LogP contribution is 2.35. The van der Waals surface area contributed by atoms with Crippen molar-refractivity contribution in [2.45, 2.75) is 18.4 Å². The molecule has 1 fully saturated rings. The van der Waals surface area contributed by atoms with Gasteiger partial charge in [-0.3, -0.25) is 4.55 Å². The number of rotatable bonds is 5. The van der Waals surface area contributed by atoms with Gasteiger partial charge >= 0.3 is 12.1 Å². The summed E-state index contributed by atoms with van der Waals surface area (Å²) in [6.07, 6.45) is -8.15. The number of carbonyl (C=O) groups excluding carboxylic acids is 1. The van der Waals surface area contributed by atoms with E-state index in [1.807, 2.05) is 6.07 Å². The van der Waals surface area contributed by atoms with Gasteiger partial charge in [-0.25, -0.2) is 4.79 Å². The van der Waals surface area contributed by atoms with E-state index in [1.165, 1.54) is 12.1 Å². The second-order valence-corrected chi connectivity index (χ2v) is 7.29. The minimum Gasteiger partial charge on any atom is -0.448 e. The summed E-state index contributed by atoms with van der Waals surface area (Å²) in [4.78, 5) is 12.0. The van der Waals surface area contributed by atoms with E-state index in [4.69, 9.17) is 9.29 Å². The highest BCUT2D eigenvalue weighted by molar-refractivity contribution is 7.85. The van der Waals surface area contributed by atoms with E-state index in [2.05, 4.69) is 4.74 Å². The van der Waals surface area contributed by atoms with Gasteiger partial charge in [-0.15, -0.1) is 0 Å². The van der Waals surface area contributed by atoms with Crippen LogP contribution in [0.1, 0.15) is 22.0 Å².